The third-order valence-corrected chi connectivity index (χ3v) is 6.74. The number of nitrogens with zero attached hydrogens (tertiary/aromatic N) is 2. The largest absolute Gasteiger partial charge is 0.374 e. The van der Waals surface area contributed by atoms with E-state index in [0.29, 0.717) is 19.1 Å². The number of halogens is 1. The first-order chi connectivity index (χ1) is 16.1. The predicted octanol–water partition coefficient (Wildman–Crippen LogP) is 2.78. The number of rotatable bonds is 5. The minimum absolute atomic E-state index is 0.00168. The molecule has 0 bridgehead atoms. The summed E-state index contributed by atoms with van der Waals surface area (Å²) in [5, 5.41) is 9.40. The van der Waals surface area contributed by atoms with Crippen molar-refractivity contribution in [1.29, 1.82) is 0 Å². The van der Waals surface area contributed by atoms with Gasteiger partial charge >= 0.3 is 6.03 Å². The van der Waals surface area contributed by atoms with Crippen molar-refractivity contribution in [3.63, 3.8) is 0 Å². The molecule has 0 spiro atoms. The second-order valence-corrected chi connectivity index (χ2v) is 9.00. The molecule has 0 saturated carbocycles. The van der Waals surface area contributed by atoms with E-state index in [1.807, 2.05) is 35.2 Å². The van der Waals surface area contributed by atoms with Gasteiger partial charge in [0.25, 0.3) is 0 Å². The molecule has 33 heavy (non-hydrogen) atoms. The summed E-state index contributed by atoms with van der Waals surface area (Å²) in [6, 6.07) is 7.91. The van der Waals surface area contributed by atoms with Crippen molar-refractivity contribution in [2.24, 2.45) is 0 Å². The zero-order valence-electron chi connectivity index (χ0n) is 19.2. The monoisotopic (exact) mass is 468 g/mol. The Morgan fingerprint density at radius 1 is 1.30 bits per heavy atom. The second-order valence-electron chi connectivity index (χ2n) is 8.57. The van der Waals surface area contributed by atoms with Gasteiger partial charge in [-0.15, -0.1) is 0 Å². The number of hydrogen-bond donors (Lipinski definition) is 2. The van der Waals surface area contributed by atoms with Crippen LogP contribution >= 0.6 is 11.6 Å². The normalized spacial score (nSPS) is 20.8. The van der Waals surface area contributed by atoms with Crippen molar-refractivity contribution in [2.75, 3.05) is 39.3 Å². The average Bonchev–Trinajstić information content (AvgIpc) is 3.22. The first-order valence-corrected chi connectivity index (χ1v) is 12.1. The zero-order chi connectivity index (χ0) is 23.2. The molecule has 1 unspecified atom stereocenters. The van der Waals surface area contributed by atoms with E-state index in [1.165, 1.54) is 10.8 Å². The quantitative estimate of drug-likeness (QED) is 0.709. The minimum atomic E-state index is 0.00168. The highest BCUT2D eigenvalue weighted by molar-refractivity contribution is 6.30. The van der Waals surface area contributed by atoms with Gasteiger partial charge in [-0.25, -0.2) is 4.79 Å². The SMILES string of the molecule is C=C/C=c1/c(C2CCN(C(=O)NCC3CNCCO3)CC2)cn(-c2ccc(Cl)cc2)/c1=C/C. The number of morpholine rings is 1. The topological polar surface area (TPSA) is 58.5 Å². The van der Waals surface area contributed by atoms with Gasteiger partial charge in [0, 0.05) is 60.2 Å². The maximum atomic E-state index is 12.7. The number of aromatic nitrogens is 1. The molecule has 4 rings (SSSR count). The summed E-state index contributed by atoms with van der Waals surface area (Å²) in [5.41, 5.74) is 2.38. The molecule has 2 amide bonds. The van der Waals surface area contributed by atoms with Crippen LogP contribution in [0.5, 0.6) is 0 Å². The Hall–Kier alpha value is -2.54. The van der Waals surface area contributed by atoms with Crippen LogP contribution in [-0.2, 0) is 4.74 Å². The van der Waals surface area contributed by atoms with Crippen molar-refractivity contribution in [3.05, 3.63) is 64.3 Å². The number of amides is 2. The molecule has 0 radical (unpaired) electrons. The number of allylic oxidation sites excluding steroid dienone is 1. The molecule has 2 fully saturated rings. The predicted molar refractivity (Wildman–Crippen MR) is 134 cm³/mol. The minimum Gasteiger partial charge on any atom is -0.374 e. The van der Waals surface area contributed by atoms with Gasteiger partial charge < -0.3 is 24.8 Å². The lowest BCUT2D eigenvalue weighted by Gasteiger charge is -2.32. The Bertz CT molecular complexity index is 1080. The molecule has 1 atom stereocenters. The van der Waals surface area contributed by atoms with Crippen LogP contribution < -0.4 is 21.2 Å². The van der Waals surface area contributed by atoms with Crippen molar-refractivity contribution >= 4 is 29.8 Å². The lowest BCUT2D eigenvalue weighted by atomic mass is 9.90. The van der Waals surface area contributed by atoms with E-state index in [1.54, 1.807) is 0 Å². The molecule has 3 heterocycles. The Morgan fingerprint density at radius 2 is 2.06 bits per heavy atom. The molecule has 2 aliphatic rings. The third-order valence-electron chi connectivity index (χ3n) is 6.48. The highest BCUT2D eigenvalue weighted by atomic mass is 35.5. The van der Waals surface area contributed by atoms with E-state index >= 15 is 0 Å². The summed E-state index contributed by atoms with van der Waals surface area (Å²) in [5.74, 6) is 0.387. The van der Waals surface area contributed by atoms with E-state index in [-0.39, 0.29) is 12.1 Å². The zero-order valence-corrected chi connectivity index (χ0v) is 20.0. The smallest absolute Gasteiger partial charge is 0.317 e. The molecule has 176 valence electrons. The molecule has 2 aliphatic heterocycles. The van der Waals surface area contributed by atoms with Gasteiger partial charge in [0.1, 0.15) is 0 Å². The van der Waals surface area contributed by atoms with E-state index in [0.717, 1.165) is 55.1 Å². The molecule has 1 aromatic heterocycles. The van der Waals surface area contributed by atoms with Gasteiger partial charge in [0.15, 0.2) is 0 Å². The fourth-order valence-electron chi connectivity index (χ4n) is 4.75. The highest BCUT2D eigenvalue weighted by Gasteiger charge is 2.26. The fourth-order valence-corrected chi connectivity index (χ4v) is 4.87. The van der Waals surface area contributed by atoms with Gasteiger partial charge in [0.2, 0.25) is 0 Å². The summed E-state index contributed by atoms with van der Waals surface area (Å²) < 4.78 is 7.89. The number of ether oxygens (including phenoxy) is 1. The molecular weight excluding hydrogens is 436 g/mol. The molecule has 7 heteroatoms. The van der Waals surface area contributed by atoms with Gasteiger partial charge in [-0.2, -0.15) is 0 Å². The third kappa shape index (κ3) is 5.52. The first-order valence-electron chi connectivity index (χ1n) is 11.7. The molecule has 6 nitrogen and oxygen atoms in total. The van der Waals surface area contributed by atoms with Crippen molar-refractivity contribution < 1.29 is 9.53 Å². The Morgan fingerprint density at radius 3 is 2.70 bits per heavy atom. The lowest BCUT2D eigenvalue weighted by Crippen LogP contribution is -2.49. The van der Waals surface area contributed by atoms with Crippen LogP contribution in [0.3, 0.4) is 0 Å². The maximum Gasteiger partial charge on any atom is 0.317 e. The molecule has 2 aromatic rings. The maximum absolute atomic E-state index is 12.7. The number of urea groups is 1. The van der Waals surface area contributed by atoms with Crippen LogP contribution in [0.1, 0.15) is 31.2 Å². The number of carbonyl (C=O) groups is 1. The van der Waals surface area contributed by atoms with Gasteiger partial charge in [-0.3, -0.25) is 0 Å². The summed E-state index contributed by atoms with van der Waals surface area (Å²) >= 11 is 6.10. The standard InChI is InChI=1S/C26H33ClN4O2/c1-3-5-23-24(18-31(25(23)4-2)21-8-6-20(27)7-9-21)19-10-13-30(14-11-19)26(32)29-17-22-16-28-12-15-33-22/h3-9,18-19,22,28H,1,10-17H2,2H3,(H,29,32)/b23-5-,25-4+. The van der Waals surface area contributed by atoms with Crippen LogP contribution in [0.15, 0.2) is 43.1 Å². The fraction of sp³-hybridized carbons (Fsp3) is 0.423. The van der Waals surface area contributed by atoms with E-state index in [2.05, 4.69) is 47.1 Å². The van der Waals surface area contributed by atoms with Crippen LogP contribution in [0.25, 0.3) is 17.8 Å². The number of nitrogens with one attached hydrogen (secondary N) is 2. The second kappa shape index (κ2) is 11.1. The number of piperidine rings is 1. The van der Waals surface area contributed by atoms with Gasteiger partial charge in [-0.1, -0.05) is 36.4 Å². The number of carbonyl (C=O) groups excluding carboxylic acids is 1. The summed E-state index contributed by atoms with van der Waals surface area (Å²) in [6.07, 6.45) is 10.2. The van der Waals surface area contributed by atoms with E-state index < -0.39 is 0 Å². The van der Waals surface area contributed by atoms with Gasteiger partial charge in [-0.05, 0) is 55.5 Å². The molecule has 2 N–H and O–H groups in total. The van der Waals surface area contributed by atoms with Crippen molar-refractivity contribution in [2.45, 2.75) is 31.8 Å². The molecule has 2 saturated heterocycles. The van der Waals surface area contributed by atoms with Crippen molar-refractivity contribution in [3.8, 4) is 5.69 Å². The first kappa shape index (κ1) is 23.6. The van der Waals surface area contributed by atoms with Crippen LogP contribution in [0.4, 0.5) is 4.79 Å². The molecule has 0 aliphatic carbocycles. The average molecular weight is 469 g/mol. The Labute approximate surface area is 200 Å². The summed E-state index contributed by atoms with van der Waals surface area (Å²) in [6.45, 7) is 10.4. The van der Waals surface area contributed by atoms with Gasteiger partial charge in [0.05, 0.1) is 12.7 Å². The van der Waals surface area contributed by atoms with E-state index in [4.69, 9.17) is 16.3 Å². The number of hydrogen-bond acceptors (Lipinski definition) is 3. The molecule has 1 aromatic carbocycles. The van der Waals surface area contributed by atoms with Crippen LogP contribution in [0.2, 0.25) is 5.02 Å². The summed E-state index contributed by atoms with van der Waals surface area (Å²) in [7, 11) is 0. The Kier molecular flexibility index (Phi) is 7.91. The lowest BCUT2D eigenvalue weighted by molar-refractivity contribution is 0.0297. The van der Waals surface area contributed by atoms with E-state index in [9.17, 15) is 4.79 Å². The summed E-state index contributed by atoms with van der Waals surface area (Å²) in [4.78, 5) is 14.6. The highest BCUT2D eigenvalue weighted by Crippen LogP contribution is 2.26. The number of likely N-dealkylation sites (tertiary alicyclic amines) is 1. The van der Waals surface area contributed by atoms with Crippen LogP contribution in [0, 0.1) is 0 Å². The van der Waals surface area contributed by atoms with Crippen molar-refractivity contribution in [1.82, 2.24) is 20.1 Å². The number of benzene rings is 1. The van der Waals surface area contributed by atoms with Crippen LogP contribution in [-0.4, -0.2) is 60.9 Å². The molecular formula is C26H33ClN4O2. The Balaban J connectivity index is 1.47.